The SMILES string of the molecule is CC1CN(CCN(C)C)CC(C(=O)O)CN1. The predicted molar refractivity (Wildman–Crippen MR) is 63.6 cm³/mol. The molecule has 1 saturated heterocycles. The first-order valence-electron chi connectivity index (χ1n) is 5.82. The molecule has 1 rings (SSSR count). The van der Waals surface area contributed by atoms with Gasteiger partial charge in [0.1, 0.15) is 0 Å². The molecular weight excluding hydrogens is 206 g/mol. The number of likely N-dealkylation sites (N-methyl/N-ethyl adjacent to an activating group) is 1. The fourth-order valence-electron chi connectivity index (χ4n) is 1.94. The molecule has 2 unspecified atom stereocenters. The summed E-state index contributed by atoms with van der Waals surface area (Å²) in [5.74, 6) is -0.983. The van der Waals surface area contributed by atoms with Crippen LogP contribution in [0.5, 0.6) is 0 Å². The number of nitrogens with one attached hydrogen (secondary N) is 1. The smallest absolute Gasteiger partial charge is 0.309 e. The average Bonchev–Trinajstić information content (AvgIpc) is 2.37. The Morgan fingerprint density at radius 3 is 2.75 bits per heavy atom. The highest BCUT2D eigenvalue weighted by atomic mass is 16.4. The van der Waals surface area contributed by atoms with Crippen LogP contribution in [0.15, 0.2) is 0 Å². The number of hydrogen-bond acceptors (Lipinski definition) is 4. The van der Waals surface area contributed by atoms with Crippen LogP contribution in [0.1, 0.15) is 6.92 Å². The third-order valence-electron chi connectivity index (χ3n) is 2.94. The van der Waals surface area contributed by atoms with Gasteiger partial charge in [0, 0.05) is 38.8 Å². The Kier molecular flexibility index (Phi) is 5.18. The molecule has 0 bridgehead atoms. The fourth-order valence-corrected chi connectivity index (χ4v) is 1.94. The molecule has 0 aliphatic carbocycles. The third kappa shape index (κ3) is 4.47. The van der Waals surface area contributed by atoms with E-state index in [1.54, 1.807) is 0 Å². The lowest BCUT2D eigenvalue weighted by Gasteiger charge is -2.24. The molecule has 16 heavy (non-hydrogen) atoms. The van der Waals surface area contributed by atoms with Gasteiger partial charge in [0.05, 0.1) is 5.92 Å². The Hall–Kier alpha value is -0.650. The second kappa shape index (κ2) is 6.18. The van der Waals surface area contributed by atoms with Crippen LogP contribution in [-0.4, -0.2) is 73.7 Å². The standard InChI is InChI=1S/C11H23N3O2/c1-9-7-14(5-4-13(2)3)8-10(6-12-9)11(15)16/h9-10,12H,4-8H2,1-3H3,(H,15,16). The Morgan fingerprint density at radius 2 is 2.19 bits per heavy atom. The van der Waals surface area contributed by atoms with Crippen molar-refractivity contribution in [1.82, 2.24) is 15.1 Å². The van der Waals surface area contributed by atoms with Crippen LogP contribution >= 0.6 is 0 Å². The van der Waals surface area contributed by atoms with E-state index in [9.17, 15) is 4.79 Å². The van der Waals surface area contributed by atoms with Gasteiger partial charge in [-0.15, -0.1) is 0 Å². The van der Waals surface area contributed by atoms with Crippen LogP contribution in [0.3, 0.4) is 0 Å². The van der Waals surface area contributed by atoms with Crippen LogP contribution in [0.25, 0.3) is 0 Å². The predicted octanol–water partition coefficient (Wildman–Crippen LogP) is -0.457. The molecule has 0 aromatic carbocycles. The van der Waals surface area contributed by atoms with Crippen molar-refractivity contribution in [2.75, 3.05) is 46.8 Å². The van der Waals surface area contributed by atoms with Gasteiger partial charge in [-0.3, -0.25) is 9.69 Å². The lowest BCUT2D eigenvalue weighted by molar-refractivity contribution is -0.141. The molecular formula is C11H23N3O2. The molecule has 2 atom stereocenters. The van der Waals surface area contributed by atoms with Gasteiger partial charge < -0.3 is 15.3 Å². The molecule has 0 amide bonds. The van der Waals surface area contributed by atoms with E-state index in [1.165, 1.54) is 0 Å². The maximum atomic E-state index is 11.0. The van der Waals surface area contributed by atoms with Gasteiger partial charge in [-0.1, -0.05) is 0 Å². The highest BCUT2D eigenvalue weighted by Crippen LogP contribution is 2.06. The number of nitrogens with zero attached hydrogens (tertiary/aromatic N) is 2. The molecule has 1 aliphatic rings. The van der Waals surface area contributed by atoms with Crippen molar-refractivity contribution >= 4 is 5.97 Å². The maximum Gasteiger partial charge on any atom is 0.309 e. The molecule has 1 aliphatic heterocycles. The zero-order chi connectivity index (χ0) is 12.1. The zero-order valence-electron chi connectivity index (χ0n) is 10.4. The minimum atomic E-state index is -0.698. The number of aliphatic carboxylic acids is 1. The summed E-state index contributed by atoms with van der Waals surface area (Å²) in [6, 6.07) is 0.367. The summed E-state index contributed by atoms with van der Waals surface area (Å²) < 4.78 is 0. The highest BCUT2D eigenvalue weighted by molar-refractivity contribution is 5.70. The molecule has 5 nitrogen and oxygen atoms in total. The van der Waals surface area contributed by atoms with Crippen LogP contribution < -0.4 is 5.32 Å². The lowest BCUT2D eigenvalue weighted by atomic mass is 10.1. The quantitative estimate of drug-likeness (QED) is 0.683. The summed E-state index contributed by atoms with van der Waals surface area (Å²) >= 11 is 0. The van der Waals surface area contributed by atoms with Gasteiger partial charge in [-0.05, 0) is 21.0 Å². The first-order chi connectivity index (χ1) is 7.49. The summed E-state index contributed by atoms with van der Waals surface area (Å²) in [6.45, 7) is 6.17. The Morgan fingerprint density at radius 1 is 1.50 bits per heavy atom. The van der Waals surface area contributed by atoms with Crippen LogP contribution in [0, 0.1) is 5.92 Å². The molecule has 5 heteroatoms. The summed E-state index contributed by atoms with van der Waals surface area (Å²) in [7, 11) is 4.07. The van der Waals surface area contributed by atoms with E-state index in [2.05, 4.69) is 22.0 Å². The van der Waals surface area contributed by atoms with Crippen molar-refractivity contribution in [3.8, 4) is 0 Å². The third-order valence-corrected chi connectivity index (χ3v) is 2.94. The number of hydrogen-bond donors (Lipinski definition) is 2. The molecule has 94 valence electrons. The number of carboxylic acids is 1. The van der Waals surface area contributed by atoms with Crippen LogP contribution in [-0.2, 0) is 4.79 Å². The summed E-state index contributed by atoms with van der Waals surface area (Å²) in [5.41, 5.74) is 0. The van der Waals surface area contributed by atoms with Gasteiger partial charge >= 0.3 is 5.97 Å². The Balaban J connectivity index is 2.49. The van der Waals surface area contributed by atoms with Gasteiger partial charge in [0.2, 0.25) is 0 Å². The topological polar surface area (TPSA) is 55.8 Å². The van der Waals surface area contributed by atoms with Gasteiger partial charge in [-0.2, -0.15) is 0 Å². The Bertz CT molecular complexity index is 233. The van der Waals surface area contributed by atoms with E-state index in [4.69, 9.17) is 5.11 Å². The van der Waals surface area contributed by atoms with Crippen LogP contribution in [0.2, 0.25) is 0 Å². The van der Waals surface area contributed by atoms with Crippen molar-refractivity contribution < 1.29 is 9.90 Å². The molecule has 0 saturated carbocycles. The van der Waals surface area contributed by atoms with E-state index in [0.29, 0.717) is 19.1 Å². The van der Waals surface area contributed by atoms with Gasteiger partial charge in [0.25, 0.3) is 0 Å². The summed E-state index contributed by atoms with van der Waals surface area (Å²) in [5, 5.41) is 12.3. The van der Waals surface area contributed by atoms with Gasteiger partial charge in [0.15, 0.2) is 0 Å². The summed E-state index contributed by atoms with van der Waals surface area (Å²) in [6.07, 6.45) is 0. The molecule has 2 N–H and O–H groups in total. The van der Waals surface area contributed by atoms with Gasteiger partial charge in [-0.25, -0.2) is 0 Å². The second-order valence-corrected chi connectivity index (χ2v) is 4.91. The molecule has 0 aromatic rings. The lowest BCUT2D eigenvalue weighted by Crippen LogP contribution is -2.39. The molecule has 1 heterocycles. The van der Waals surface area contributed by atoms with E-state index < -0.39 is 5.97 Å². The fraction of sp³-hybridized carbons (Fsp3) is 0.909. The van der Waals surface area contributed by atoms with E-state index in [0.717, 1.165) is 19.6 Å². The summed E-state index contributed by atoms with van der Waals surface area (Å²) in [4.78, 5) is 15.4. The first kappa shape index (κ1) is 13.4. The van der Waals surface area contributed by atoms with Crippen molar-refractivity contribution in [3.05, 3.63) is 0 Å². The highest BCUT2D eigenvalue weighted by Gasteiger charge is 2.25. The molecule has 0 radical (unpaired) electrons. The van der Waals surface area contributed by atoms with Crippen molar-refractivity contribution in [2.24, 2.45) is 5.92 Å². The minimum Gasteiger partial charge on any atom is -0.481 e. The van der Waals surface area contributed by atoms with Crippen molar-refractivity contribution in [1.29, 1.82) is 0 Å². The number of carboxylic acid groups (broad SMARTS) is 1. The monoisotopic (exact) mass is 229 g/mol. The maximum absolute atomic E-state index is 11.0. The molecule has 0 spiro atoms. The normalized spacial score (nSPS) is 28.0. The molecule has 1 fully saturated rings. The zero-order valence-corrected chi connectivity index (χ0v) is 10.4. The average molecular weight is 229 g/mol. The number of rotatable bonds is 4. The largest absolute Gasteiger partial charge is 0.481 e. The van der Waals surface area contributed by atoms with E-state index in [1.807, 2.05) is 14.1 Å². The van der Waals surface area contributed by atoms with Crippen LogP contribution in [0.4, 0.5) is 0 Å². The van der Waals surface area contributed by atoms with E-state index >= 15 is 0 Å². The first-order valence-corrected chi connectivity index (χ1v) is 5.82. The molecule has 0 aromatic heterocycles. The Labute approximate surface area is 97.4 Å². The van der Waals surface area contributed by atoms with Crippen molar-refractivity contribution in [2.45, 2.75) is 13.0 Å². The second-order valence-electron chi connectivity index (χ2n) is 4.91. The number of carbonyl (C=O) groups is 1. The van der Waals surface area contributed by atoms with E-state index in [-0.39, 0.29) is 5.92 Å². The van der Waals surface area contributed by atoms with Crippen molar-refractivity contribution in [3.63, 3.8) is 0 Å². The minimum absolute atomic E-state index is 0.285.